The number of rotatable bonds is 6. The molecule has 1 saturated carbocycles. The topological polar surface area (TPSA) is 52.6 Å². The van der Waals surface area contributed by atoms with Crippen LogP contribution in [0.4, 0.5) is 0 Å². The van der Waals surface area contributed by atoms with E-state index < -0.39 is 0 Å². The first kappa shape index (κ1) is 18.2. The van der Waals surface area contributed by atoms with Gasteiger partial charge in [0, 0.05) is 0 Å². The first-order valence-corrected chi connectivity index (χ1v) is 9.13. The van der Waals surface area contributed by atoms with Crippen LogP contribution in [0, 0.1) is 11.8 Å². The number of esters is 2. The average Bonchev–Trinajstić information content (AvgIpc) is 2.72. The molecule has 0 aliphatic heterocycles. The minimum absolute atomic E-state index is 0.214. The molecule has 0 aromatic heterocycles. The Balaban J connectivity index is 1.47. The van der Waals surface area contributed by atoms with E-state index in [0.29, 0.717) is 6.42 Å². The fourth-order valence-electron chi connectivity index (χ4n) is 3.31. The Morgan fingerprint density at radius 3 is 1.58 bits per heavy atom. The maximum Gasteiger partial charge on any atom is 0.309 e. The van der Waals surface area contributed by atoms with Crippen molar-refractivity contribution in [1.29, 1.82) is 0 Å². The molecule has 136 valence electrons. The van der Waals surface area contributed by atoms with Crippen LogP contribution in [-0.2, 0) is 32.3 Å². The predicted octanol–water partition coefficient (Wildman–Crippen LogP) is 4.28. The molecule has 1 aliphatic carbocycles. The van der Waals surface area contributed by atoms with E-state index in [2.05, 4.69) is 0 Å². The Morgan fingerprint density at radius 2 is 1.15 bits per heavy atom. The highest BCUT2D eigenvalue weighted by atomic mass is 16.5. The van der Waals surface area contributed by atoms with Crippen LogP contribution in [0.5, 0.6) is 0 Å². The largest absolute Gasteiger partial charge is 0.461 e. The van der Waals surface area contributed by atoms with E-state index >= 15 is 0 Å². The monoisotopic (exact) mass is 352 g/mol. The van der Waals surface area contributed by atoms with E-state index in [1.54, 1.807) is 0 Å². The van der Waals surface area contributed by atoms with Gasteiger partial charge in [-0.1, -0.05) is 67.1 Å². The molecule has 1 fully saturated rings. The molecule has 0 unspecified atom stereocenters. The summed E-state index contributed by atoms with van der Waals surface area (Å²) in [4.78, 5) is 24.7. The van der Waals surface area contributed by atoms with Crippen molar-refractivity contribution in [2.45, 2.75) is 38.9 Å². The number of ether oxygens (including phenoxy) is 2. The lowest BCUT2D eigenvalue weighted by Gasteiger charge is -2.26. The highest BCUT2D eigenvalue weighted by Crippen LogP contribution is 2.31. The summed E-state index contributed by atoms with van der Waals surface area (Å²) in [6, 6.07) is 19.2. The molecular formula is C22H24O4. The molecule has 3 rings (SSSR count). The van der Waals surface area contributed by atoms with Gasteiger partial charge in [-0.25, -0.2) is 0 Å². The molecule has 0 heterocycles. The number of carbonyl (C=O) groups excluding carboxylic acids is 2. The van der Waals surface area contributed by atoms with Gasteiger partial charge in [-0.2, -0.15) is 0 Å². The third-order valence-electron chi connectivity index (χ3n) is 4.79. The van der Waals surface area contributed by atoms with Crippen LogP contribution >= 0.6 is 0 Å². The molecule has 0 spiro atoms. The first-order chi connectivity index (χ1) is 12.7. The minimum Gasteiger partial charge on any atom is -0.461 e. The highest BCUT2D eigenvalue weighted by Gasteiger charge is 2.33. The summed E-state index contributed by atoms with van der Waals surface area (Å²) in [7, 11) is 0. The quantitative estimate of drug-likeness (QED) is 0.728. The fraction of sp³-hybridized carbons (Fsp3) is 0.364. The van der Waals surface area contributed by atoms with E-state index in [1.807, 2.05) is 60.7 Å². The summed E-state index contributed by atoms with van der Waals surface area (Å²) < 4.78 is 10.9. The Kier molecular flexibility index (Phi) is 6.42. The highest BCUT2D eigenvalue weighted by molar-refractivity contribution is 5.76. The van der Waals surface area contributed by atoms with Gasteiger partial charge in [-0.15, -0.1) is 0 Å². The fourth-order valence-corrected chi connectivity index (χ4v) is 3.31. The maximum atomic E-state index is 12.3. The summed E-state index contributed by atoms with van der Waals surface area (Å²) in [5.74, 6) is -0.868. The van der Waals surface area contributed by atoms with Crippen LogP contribution in [0.1, 0.15) is 36.8 Å². The number of benzene rings is 2. The zero-order valence-corrected chi connectivity index (χ0v) is 14.8. The van der Waals surface area contributed by atoms with Crippen LogP contribution in [0.3, 0.4) is 0 Å². The second-order valence-electron chi connectivity index (χ2n) is 6.75. The summed E-state index contributed by atoms with van der Waals surface area (Å²) in [6.07, 6.45) is 2.91. The average molecular weight is 352 g/mol. The molecule has 0 bridgehead atoms. The van der Waals surface area contributed by atoms with Crippen molar-refractivity contribution in [2.75, 3.05) is 0 Å². The van der Waals surface area contributed by atoms with Gasteiger partial charge in [-0.3, -0.25) is 9.59 Å². The van der Waals surface area contributed by atoms with Crippen molar-refractivity contribution in [3.05, 3.63) is 71.8 Å². The molecule has 2 aromatic carbocycles. The molecule has 4 heteroatoms. The second-order valence-corrected chi connectivity index (χ2v) is 6.75. The van der Waals surface area contributed by atoms with Crippen molar-refractivity contribution in [3.63, 3.8) is 0 Å². The normalized spacial score (nSPS) is 19.5. The molecule has 0 N–H and O–H groups in total. The van der Waals surface area contributed by atoms with Gasteiger partial charge in [0.2, 0.25) is 0 Å². The minimum atomic E-state index is -0.221. The summed E-state index contributed by atoms with van der Waals surface area (Å²) >= 11 is 0. The van der Waals surface area contributed by atoms with Crippen LogP contribution in [0.15, 0.2) is 60.7 Å². The van der Waals surface area contributed by atoms with E-state index in [1.165, 1.54) is 0 Å². The van der Waals surface area contributed by atoms with Gasteiger partial charge in [0.15, 0.2) is 0 Å². The Morgan fingerprint density at radius 1 is 0.731 bits per heavy atom. The van der Waals surface area contributed by atoms with E-state index in [-0.39, 0.29) is 37.0 Å². The number of hydrogen-bond acceptors (Lipinski definition) is 4. The Bertz CT molecular complexity index is 650. The molecular weight excluding hydrogens is 328 g/mol. The van der Waals surface area contributed by atoms with Crippen molar-refractivity contribution in [3.8, 4) is 0 Å². The molecule has 0 saturated heterocycles. The third-order valence-corrected chi connectivity index (χ3v) is 4.79. The molecule has 2 aromatic rings. The van der Waals surface area contributed by atoms with E-state index in [0.717, 1.165) is 30.4 Å². The van der Waals surface area contributed by atoms with Crippen molar-refractivity contribution in [2.24, 2.45) is 11.8 Å². The van der Waals surface area contributed by atoms with Gasteiger partial charge >= 0.3 is 11.9 Å². The van der Waals surface area contributed by atoms with Crippen molar-refractivity contribution < 1.29 is 19.1 Å². The Labute approximate surface area is 154 Å². The first-order valence-electron chi connectivity index (χ1n) is 9.13. The molecule has 0 amide bonds. The van der Waals surface area contributed by atoms with Crippen molar-refractivity contribution in [1.82, 2.24) is 0 Å². The lowest BCUT2D eigenvalue weighted by atomic mass is 9.81. The number of hydrogen-bond donors (Lipinski definition) is 0. The van der Waals surface area contributed by atoms with Gasteiger partial charge in [-0.05, 0) is 30.4 Å². The maximum absolute atomic E-state index is 12.3. The molecule has 26 heavy (non-hydrogen) atoms. The molecule has 0 radical (unpaired) electrons. The zero-order valence-electron chi connectivity index (χ0n) is 14.8. The predicted molar refractivity (Wildman–Crippen MR) is 97.9 cm³/mol. The summed E-state index contributed by atoms with van der Waals surface area (Å²) in [5, 5.41) is 0. The van der Waals surface area contributed by atoms with E-state index in [4.69, 9.17) is 9.47 Å². The van der Waals surface area contributed by atoms with Crippen molar-refractivity contribution >= 4 is 11.9 Å². The smallest absolute Gasteiger partial charge is 0.309 e. The molecule has 4 nitrogen and oxygen atoms in total. The van der Waals surface area contributed by atoms with Gasteiger partial charge in [0.1, 0.15) is 13.2 Å². The lowest BCUT2D eigenvalue weighted by Crippen LogP contribution is -2.29. The Hall–Kier alpha value is -2.62. The van der Waals surface area contributed by atoms with Crippen LogP contribution < -0.4 is 0 Å². The summed E-state index contributed by atoms with van der Waals surface area (Å²) in [6.45, 7) is 0.554. The van der Waals surface area contributed by atoms with Gasteiger partial charge < -0.3 is 9.47 Å². The third kappa shape index (κ3) is 5.19. The van der Waals surface area contributed by atoms with Gasteiger partial charge in [0.25, 0.3) is 0 Å². The van der Waals surface area contributed by atoms with Gasteiger partial charge in [0.05, 0.1) is 11.8 Å². The van der Waals surface area contributed by atoms with Crippen LogP contribution in [0.2, 0.25) is 0 Å². The molecule has 1 aliphatic rings. The SMILES string of the molecule is O=C(OCc1ccccc1)[C@@H]1CCC[C@@H](C(=O)OCc2ccccc2)C1. The standard InChI is InChI=1S/C22H24O4/c23-21(25-15-17-8-3-1-4-9-17)19-12-7-13-20(14-19)22(24)26-16-18-10-5-2-6-11-18/h1-6,8-11,19-20H,7,12-16H2/t19-,20-/m1/s1. The molecule has 2 atom stereocenters. The lowest BCUT2D eigenvalue weighted by molar-refractivity contribution is -0.156. The van der Waals surface area contributed by atoms with Crippen LogP contribution in [-0.4, -0.2) is 11.9 Å². The van der Waals surface area contributed by atoms with E-state index in [9.17, 15) is 9.59 Å². The number of carbonyl (C=O) groups is 2. The zero-order chi connectivity index (χ0) is 18.2. The second kappa shape index (κ2) is 9.18. The summed E-state index contributed by atoms with van der Waals surface area (Å²) in [5.41, 5.74) is 1.94. The van der Waals surface area contributed by atoms with Crippen LogP contribution in [0.25, 0.3) is 0 Å².